The van der Waals surface area contributed by atoms with E-state index in [2.05, 4.69) is 9.88 Å². The molecule has 0 aromatic heterocycles. The fourth-order valence-corrected chi connectivity index (χ4v) is 0.749. The lowest BCUT2D eigenvalue weighted by molar-refractivity contribution is -0.308. The maximum atomic E-state index is 12.3. The molecule has 0 spiro atoms. The van der Waals surface area contributed by atoms with Crippen LogP contribution in [0, 0.1) is 0 Å². The maximum Gasteiger partial charge on any atom is 0.483 e. The Balaban J connectivity index is 5.32. The van der Waals surface area contributed by atoms with E-state index in [0.29, 0.717) is 0 Å². The van der Waals surface area contributed by atoms with E-state index >= 15 is 0 Å². The van der Waals surface area contributed by atoms with E-state index in [9.17, 15) is 39.2 Å². The van der Waals surface area contributed by atoms with Crippen LogP contribution < -0.4 is 5.14 Å². The zero-order valence-electron chi connectivity index (χ0n) is 6.86. The first-order valence-electron chi connectivity index (χ1n) is 3.00. The number of halogens is 7. The minimum Gasteiger partial charge on any atom is -0.397 e. The summed E-state index contributed by atoms with van der Waals surface area (Å²) < 4.78 is 106. The van der Waals surface area contributed by atoms with E-state index < -0.39 is 33.5 Å². The molecule has 0 amide bonds. The van der Waals surface area contributed by atoms with Crippen molar-refractivity contribution in [3.8, 4) is 0 Å². The van der Waals surface area contributed by atoms with E-state index in [4.69, 9.17) is 0 Å². The molecule has 96 valence electrons. The summed E-state index contributed by atoms with van der Waals surface area (Å²) in [6, 6.07) is -3.34. The summed E-state index contributed by atoms with van der Waals surface area (Å²) in [6.07, 6.45) is -9.54. The van der Waals surface area contributed by atoms with Crippen molar-refractivity contribution in [2.45, 2.75) is 11.4 Å². The molecule has 0 saturated carbocycles. The largest absolute Gasteiger partial charge is 0.483 e. The number of rotatable bonds is 4. The Kier molecular flexibility index (Phi) is 3.82. The molecule has 0 bridgehead atoms. The predicted molar refractivity (Wildman–Crippen MR) is 34.4 cm³/mol. The molecule has 12 heteroatoms. The van der Waals surface area contributed by atoms with E-state index in [1.807, 2.05) is 0 Å². The van der Waals surface area contributed by atoms with Crippen molar-refractivity contribution in [2.75, 3.05) is 0 Å². The molecule has 0 fully saturated rings. The fraction of sp³-hybridized carbons (Fsp3) is 0.500. The summed E-state index contributed by atoms with van der Waals surface area (Å²) in [4.78, 5) is 0. The molecule has 0 aromatic carbocycles. The second kappa shape index (κ2) is 4.08. The Morgan fingerprint density at radius 1 is 1.06 bits per heavy atom. The van der Waals surface area contributed by atoms with Crippen LogP contribution in [0.4, 0.5) is 30.7 Å². The summed E-state index contributed by atoms with van der Waals surface area (Å²) in [5, 5.41) is -2.38. The van der Waals surface area contributed by atoms with Crippen molar-refractivity contribution >= 4 is 10.0 Å². The Hall–Kier alpha value is -1.04. The Morgan fingerprint density at radius 2 is 1.44 bits per heavy atom. The van der Waals surface area contributed by atoms with Gasteiger partial charge in [0.05, 0.1) is 0 Å². The molecule has 0 heterocycles. The lowest BCUT2D eigenvalue weighted by Gasteiger charge is -2.22. The van der Waals surface area contributed by atoms with Gasteiger partial charge in [0.2, 0.25) is 0 Å². The summed E-state index contributed by atoms with van der Waals surface area (Å²) in [5.41, 5.74) is 0. The van der Waals surface area contributed by atoms with Crippen LogP contribution in [0.5, 0.6) is 0 Å². The smallest absolute Gasteiger partial charge is 0.397 e. The monoisotopic (exact) mass is 277 g/mol. The highest BCUT2D eigenvalue weighted by molar-refractivity contribution is 7.90. The van der Waals surface area contributed by atoms with Crippen LogP contribution in [-0.4, -0.2) is 19.8 Å². The standard InChI is InChI=1S/C4H2F7NO3S/c5-1(6)2(7)15-3(8,9)4(10,11)16(12,13)14/h(H2,12,13,14). The molecular weight excluding hydrogens is 275 g/mol. The normalized spacial score (nSPS) is 13.5. The van der Waals surface area contributed by atoms with Crippen LogP contribution in [0.2, 0.25) is 0 Å². The van der Waals surface area contributed by atoms with Gasteiger partial charge in [-0.2, -0.15) is 30.7 Å². The molecule has 0 rings (SSSR count). The summed E-state index contributed by atoms with van der Waals surface area (Å²) in [6.45, 7) is 0. The minimum atomic E-state index is -6.17. The van der Waals surface area contributed by atoms with Crippen LogP contribution in [0.25, 0.3) is 0 Å². The SMILES string of the molecule is NS(=O)(=O)C(F)(F)C(F)(F)OC(F)=C(F)F. The molecule has 4 nitrogen and oxygen atoms in total. The molecular formula is C4H2F7NO3S. The number of hydrogen-bond acceptors (Lipinski definition) is 3. The van der Waals surface area contributed by atoms with Crippen molar-refractivity contribution in [3.63, 3.8) is 0 Å². The van der Waals surface area contributed by atoms with E-state index in [0.717, 1.165) is 0 Å². The third-order valence-electron chi connectivity index (χ3n) is 1.06. The average molecular weight is 277 g/mol. The summed E-state index contributed by atoms with van der Waals surface area (Å²) >= 11 is 0. The number of primary sulfonamides is 1. The van der Waals surface area contributed by atoms with Crippen molar-refractivity contribution < 1.29 is 43.9 Å². The molecule has 0 aliphatic carbocycles. The van der Waals surface area contributed by atoms with Gasteiger partial charge in [0.25, 0.3) is 10.0 Å². The van der Waals surface area contributed by atoms with E-state index in [-0.39, 0.29) is 0 Å². The van der Waals surface area contributed by atoms with Crippen molar-refractivity contribution in [1.29, 1.82) is 0 Å². The highest BCUT2D eigenvalue weighted by atomic mass is 32.2. The Morgan fingerprint density at radius 3 is 1.69 bits per heavy atom. The molecule has 0 saturated heterocycles. The van der Waals surface area contributed by atoms with Gasteiger partial charge in [0.1, 0.15) is 0 Å². The molecule has 0 aliphatic rings. The first-order valence-corrected chi connectivity index (χ1v) is 4.55. The fourth-order valence-electron chi connectivity index (χ4n) is 0.376. The number of sulfonamides is 1. The van der Waals surface area contributed by atoms with E-state index in [1.165, 1.54) is 0 Å². The van der Waals surface area contributed by atoms with Gasteiger partial charge >= 0.3 is 23.5 Å². The first-order chi connectivity index (χ1) is 6.83. The van der Waals surface area contributed by atoms with Crippen LogP contribution >= 0.6 is 0 Å². The zero-order chi connectivity index (χ0) is 13.4. The van der Waals surface area contributed by atoms with Gasteiger partial charge in [0.15, 0.2) is 0 Å². The van der Waals surface area contributed by atoms with Gasteiger partial charge in [-0.1, -0.05) is 0 Å². The van der Waals surface area contributed by atoms with Crippen LogP contribution in [-0.2, 0) is 14.8 Å². The average Bonchev–Trinajstić information content (AvgIpc) is 2.00. The second-order valence-corrected chi connectivity index (χ2v) is 3.82. The third-order valence-corrected chi connectivity index (χ3v) is 2.01. The van der Waals surface area contributed by atoms with Crippen LogP contribution in [0.15, 0.2) is 12.1 Å². The maximum absolute atomic E-state index is 12.3. The molecule has 2 N–H and O–H groups in total. The minimum absolute atomic E-state index is 2.21. The van der Waals surface area contributed by atoms with E-state index in [1.54, 1.807) is 0 Å². The van der Waals surface area contributed by atoms with Crippen molar-refractivity contribution in [3.05, 3.63) is 12.1 Å². The Labute approximate surface area is 83.5 Å². The van der Waals surface area contributed by atoms with Gasteiger partial charge in [-0.15, -0.1) is 0 Å². The second-order valence-electron chi connectivity index (χ2n) is 2.21. The molecule has 0 aliphatic heterocycles. The lowest BCUT2D eigenvalue weighted by atomic mass is 10.6. The number of hydrogen-bond donors (Lipinski definition) is 1. The lowest BCUT2D eigenvalue weighted by Crippen LogP contribution is -2.51. The Bertz CT molecular complexity index is 398. The molecule has 16 heavy (non-hydrogen) atoms. The van der Waals surface area contributed by atoms with Gasteiger partial charge in [0, 0.05) is 0 Å². The van der Waals surface area contributed by atoms with Crippen LogP contribution in [0.1, 0.15) is 0 Å². The summed E-state index contributed by atoms with van der Waals surface area (Å²) in [5.74, 6) is 0. The van der Waals surface area contributed by atoms with Crippen molar-refractivity contribution in [1.82, 2.24) is 0 Å². The van der Waals surface area contributed by atoms with Gasteiger partial charge in [-0.25, -0.2) is 13.6 Å². The van der Waals surface area contributed by atoms with Gasteiger partial charge in [-0.05, 0) is 0 Å². The zero-order valence-corrected chi connectivity index (χ0v) is 7.67. The predicted octanol–water partition coefficient (Wildman–Crippen LogP) is 1.51. The third kappa shape index (κ3) is 2.75. The van der Waals surface area contributed by atoms with Gasteiger partial charge < -0.3 is 4.74 Å². The molecule has 0 aromatic rings. The number of alkyl halides is 4. The quantitative estimate of drug-likeness (QED) is 0.625. The van der Waals surface area contributed by atoms with Crippen LogP contribution in [0.3, 0.4) is 0 Å². The number of ether oxygens (including phenoxy) is 1. The highest BCUT2D eigenvalue weighted by Crippen LogP contribution is 2.40. The first kappa shape index (κ1) is 15.0. The highest BCUT2D eigenvalue weighted by Gasteiger charge is 2.68. The number of nitrogens with two attached hydrogens (primary N) is 1. The van der Waals surface area contributed by atoms with Gasteiger partial charge in [-0.3, -0.25) is 0 Å². The van der Waals surface area contributed by atoms with Crippen molar-refractivity contribution in [2.24, 2.45) is 5.14 Å². The summed E-state index contributed by atoms with van der Waals surface area (Å²) in [7, 11) is -6.17. The topological polar surface area (TPSA) is 69.4 Å². The molecule has 0 atom stereocenters. The molecule has 0 radical (unpaired) electrons. The molecule has 0 unspecified atom stereocenters.